The Morgan fingerprint density at radius 1 is 1.32 bits per heavy atom. The smallest absolute Gasteiger partial charge is 0.0858 e. The third-order valence-electron chi connectivity index (χ3n) is 4.52. The van der Waals surface area contributed by atoms with Crippen LogP contribution in [-0.2, 0) is 0 Å². The van der Waals surface area contributed by atoms with Crippen LogP contribution in [0.2, 0.25) is 10.0 Å². The zero-order chi connectivity index (χ0) is 14.0. The number of hydrogen-bond donors (Lipinski definition) is 2. The predicted molar refractivity (Wildman–Crippen MR) is 80.5 cm³/mol. The van der Waals surface area contributed by atoms with Gasteiger partial charge in [-0.2, -0.15) is 0 Å². The molecule has 3 N–H and O–H groups in total. The van der Waals surface area contributed by atoms with Crippen LogP contribution in [0.15, 0.2) is 18.2 Å². The molecule has 1 aromatic carbocycles. The molecule has 1 atom stereocenters. The highest BCUT2D eigenvalue weighted by molar-refractivity contribution is 6.42. The van der Waals surface area contributed by atoms with Crippen molar-refractivity contribution < 1.29 is 5.11 Å². The average molecular weight is 302 g/mol. The monoisotopic (exact) mass is 301 g/mol. The van der Waals surface area contributed by atoms with Crippen LogP contribution in [0.1, 0.15) is 44.3 Å². The van der Waals surface area contributed by atoms with Crippen LogP contribution in [0.5, 0.6) is 0 Å². The molecule has 1 unspecified atom stereocenters. The summed E-state index contributed by atoms with van der Waals surface area (Å²) in [7, 11) is 0. The summed E-state index contributed by atoms with van der Waals surface area (Å²) in [6, 6.07) is 5.33. The number of halogens is 2. The Labute approximate surface area is 124 Å². The van der Waals surface area contributed by atoms with E-state index in [4.69, 9.17) is 28.9 Å². The Morgan fingerprint density at radius 2 is 1.95 bits per heavy atom. The lowest BCUT2D eigenvalue weighted by Gasteiger charge is -2.42. The standard InChI is InChI=1S/C15H21Cl2NO/c1-10-4-6-15(9-18,7-5-10)14(19)11-2-3-12(16)13(17)8-11/h2-3,8,10,14,19H,4-7,9,18H2,1H3. The van der Waals surface area contributed by atoms with E-state index in [2.05, 4.69) is 6.92 Å². The molecule has 0 spiro atoms. The van der Waals surface area contributed by atoms with Gasteiger partial charge in [0.25, 0.3) is 0 Å². The van der Waals surface area contributed by atoms with Gasteiger partial charge in [-0.05, 0) is 36.5 Å². The Hall–Kier alpha value is -0.280. The van der Waals surface area contributed by atoms with E-state index in [9.17, 15) is 5.11 Å². The van der Waals surface area contributed by atoms with Crippen LogP contribution in [0.3, 0.4) is 0 Å². The van der Waals surface area contributed by atoms with Gasteiger partial charge in [-0.1, -0.05) is 49.0 Å². The SMILES string of the molecule is CC1CCC(CN)(C(O)c2ccc(Cl)c(Cl)c2)CC1. The molecule has 0 saturated heterocycles. The molecule has 0 bridgehead atoms. The van der Waals surface area contributed by atoms with Gasteiger partial charge in [0.2, 0.25) is 0 Å². The zero-order valence-corrected chi connectivity index (χ0v) is 12.7. The molecule has 4 heteroatoms. The van der Waals surface area contributed by atoms with Crippen LogP contribution in [0.25, 0.3) is 0 Å². The van der Waals surface area contributed by atoms with Crippen LogP contribution in [0, 0.1) is 11.3 Å². The second-order valence-corrected chi connectivity index (χ2v) is 6.64. The van der Waals surface area contributed by atoms with Crippen LogP contribution in [0.4, 0.5) is 0 Å². The molecule has 1 fully saturated rings. The van der Waals surface area contributed by atoms with Crippen molar-refractivity contribution in [1.82, 2.24) is 0 Å². The predicted octanol–water partition coefficient (Wildman–Crippen LogP) is 4.18. The quantitative estimate of drug-likeness (QED) is 0.879. The molecule has 0 aliphatic heterocycles. The van der Waals surface area contributed by atoms with Gasteiger partial charge in [-0.25, -0.2) is 0 Å². The molecule has 2 nitrogen and oxygen atoms in total. The van der Waals surface area contributed by atoms with Crippen molar-refractivity contribution in [3.8, 4) is 0 Å². The van der Waals surface area contributed by atoms with Crippen molar-refractivity contribution in [2.75, 3.05) is 6.54 Å². The number of aliphatic hydroxyl groups is 1. The minimum atomic E-state index is -0.570. The minimum absolute atomic E-state index is 0.219. The third kappa shape index (κ3) is 3.08. The highest BCUT2D eigenvalue weighted by Gasteiger charge is 2.40. The van der Waals surface area contributed by atoms with Crippen molar-refractivity contribution in [1.29, 1.82) is 0 Å². The van der Waals surface area contributed by atoms with E-state index >= 15 is 0 Å². The summed E-state index contributed by atoms with van der Waals surface area (Å²) >= 11 is 12.0. The highest BCUT2D eigenvalue weighted by atomic mass is 35.5. The topological polar surface area (TPSA) is 46.2 Å². The van der Waals surface area contributed by atoms with E-state index in [-0.39, 0.29) is 5.41 Å². The summed E-state index contributed by atoms with van der Waals surface area (Å²) in [6.45, 7) is 2.76. The summed E-state index contributed by atoms with van der Waals surface area (Å²) in [5.41, 5.74) is 6.57. The summed E-state index contributed by atoms with van der Waals surface area (Å²) in [6.07, 6.45) is 3.60. The number of benzene rings is 1. The second kappa shape index (κ2) is 6.01. The molecular weight excluding hydrogens is 281 g/mol. The fourth-order valence-corrected chi connectivity index (χ4v) is 3.27. The molecule has 2 rings (SSSR count). The normalized spacial score (nSPS) is 29.2. The lowest BCUT2D eigenvalue weighted by Crippen LogP contribution is -2.39. The maximum atomic E-state index is 10.7. The van der Waals surface area contributed by atoms with Crippen LogP contribution >= 0.6 is 23.2 Å². The first-order valence-corrected chi connectivity index (χ1v) is 7.57. The molecule has 0 radical (unpaired) electrons. The molecule has 0 heterocycles. The second-order valence-electron chi connectivity index (χ2n) is 5.83. The van der Waals surface area contributed by atoms with Gasteiger partial charge in [-0.15, -0.1) is 0 Å². The molecule has 1 aliphatic rings. The molecule has 0 amide bonds. The van der Waals surface area contributed by atoms with Gasteiger partial charge in [0.15, 0.2) is 0 Å². The molecule has 106 valence electrons. The highest BCUT2D eigenvalue weighted by Crippen LogP contribution is 2.47. The first-order valence-electron chi connectivity index (χ1n) is 6.81. The van der Waals surface area contributed by atoms with Gasteiger partial charge < -0.3 is 10.8 Å². The lowest BCUT2D eigenvalue weighted by atomic mass is 9.66. The van der Waals surface area contributed by atoms with E-state index in [0.717, 1.165) is 37.2 Å². The number of aliphatic hydroxyl groups excluding tert-OH is 1. The van der Waals surface area contributed by atoms with Gasteiger partial charge in [0.1, 0.15) is 0 Å². The zero-order valence-electron chi connectivity index (χ0n) is 11.2. The Kier molecular flexibility index (Phi) is 4.78. The van der Waals surface area contributed by atoms with E-state index in [1.54, 1.807) is 12.1 Å². The first-order chi connectivity index (χ1) is 8.98. The Bertz CT molecular complexity index is 442. The first kappa shape index (κ1) is 15.1. The molecule has 1 aliphatic carbocycles. The average Bonchev–Trinajstić information content (AvgIpc) is 2.42. The lowest BCUT2D eigenvalue weighted by molar-refractivity contribution is -0.00817. The van der Waals surface area contributed by atoms with Gasteiger partial charge in [-0.3, -0.25) is 0 Å². The Morgan fingerprint density at radius 3 is 2.47 bits per heavy atom. The molecule has 19 heavy (non-hydrogen) atoms. The molecule has 0 aromatic heterocycles. The van der Waals surface area contributed by atoms with Crippen molar-refractivity contribution in [2.24, 2.45) is 17.1 Å². The Balaban J connectivity index is 2.25. The molecule has 1 aromatic rings. The fraction of sp³-hybridized carbons (Fsp3) is 0.600. The number of hydrogen-bond acceptors (Lipinski definition) is 2. The summed E-state index contributed by atoms with van der Waals surface area (Å²) in [4.78, 5) is 0. The van der Waals surface area contributed by atoms with Gasteiger partial charge in [0.05, 0.1) is 16.1 Å². The van der Waals surface area contributed by atoms with Gasteiger partial charge in [0, 0.05) is 12.0 Å². The van der Waals surface area contributed by atoms with Gasteiger partial charge >= 0.3 is 0 Å². The van der Waals surface area contributed by atoms with E-state index in [1.165, 1.54) is 0 Å². The van der Waals surface area contributed by atoms with E-state index < -0.39 is 6.10 Å². The number of nitrogens with two attached hydrogens (primary N) is 1. The van der Waals surface area contributed by atoms with E-state index in [1.807, 2.05) is 6.07 Å². The van der Waals surface area contributed by atoms with Crippen molar-refractivity contribution in [3.05, 3.63) is 33.8 Å². The van der Waals surface area contributed by atoms with E-state index in [0.29, 0.717) is 16.6 Å². The molecular formula is C15H21Cl2NO. The maximum absolute atomic E-state index is 10.7. The van der Waals surface area contributed by atoms with Crippen molar-refractivity contribution >= 4 is 23.2 Å². The molecule has 1 saturated carbocycles. The summed E-state index contributed by atoms with van der Waals surface area (Å²) in [5.74, 6) is 0.723. The van der Waals surface area contributed by atoms with Crippen LogP contribution in [-0.4, -0.2) is 11.7 Å². The maximum Gasteiger partial charge on any atom is 0.0858 e. The summed E-state index contributed by atoms with van der Waals surface area (Å²) < 4.78 is 0. The van der Waals surface area contributed by atoms with Crippen molar-refractivity contribution in [3.63, 3.8) is 0 Å². The third-order valence-corrected chi connectivity index (χ3v) is 5.26. The van der Waals surface area contributed by atoms with Crippen molar-refractivity contribution in [2.45, 2.75) is 38.7 Å². The fourth-order valence-electron chi connectivity index (χ4n) is 2.96. The largest absolute Gasteiger partial charge is 0.388 e. The minimum Gasteiger partial charge on any atom is -0.388 e. The van der Waals surface area contributed by atoms with Crippen LogP contribution < -0.4 is 5.73 Å². The number of rotatable bonds is 3. The summed E-state index contributed by atoms with van der Waals surface area (Å²) in [5, 5.41) is 11.7.